The monoisotopic (exact) mass is 342 g/mol. The summed E-state index contributed by atoms with van der Waals surface area (Å²) in [5, 5.41) is 7.89. The first kappa shape index (κ1) is 14.0. The quantitative estimate of drug-likeness (QED) is 0.873. The Kier molecular flexibility index (Phi) is 4.55. The predicted molar refractivity (Wildman–Crippen MR) is 80.0 cm³/mol. The van der Waals surface area contributed by atoms with E-state index in [0.29, 0.717) is 11.0 Å². The van der Waals surface area contributed by atoms with Crippen molar-refractivity contribution in [1.82, 2.24) is 0 Å². The lowest BCUT2D eigenvalue weighted by Crippen LogP contribution is -2.08. The van der Waals surface area contributed by atoms with E-state index in [0.717, 1.165) is 16.3 Å². The van der Waals surface area contributed by atoms with Gasteiger partial charge in [-0.25, -0.2) is 4.39 Å². The summed E-state index contributed by atoms with van der Waals surface area (Å²) in [7, 11) is 0. The highest BCUT2D eigenvalue weighted by Crippen LogP contribution is 2.27. The average molecular weight is 343 g/mol. The van der Waals surface area contributed by atoms with Gasteiger partial charge in [0.2, 0.25) is 5.91 Å². The Balaban J connectivity index is 2.06. The van der Waals surface area contributed by atoms with Crippen LogP contribution >= 0.6 is 27.3 Å². The Labute approximate surface area is 123 Å². The molecule has 6 heteroatoms. The molecule has 1 heterocycles. The second-order valence-corrected chi connectivity index (χ2v) is 5.77. The number of rotatable bonds is 4. The first-order valence-corrected chi connectivity index (χ1v) is 7.26. The molecule has 0 aliphatic rings. The van der Waals surface area contributed by atoms with Crippen LogP contribution in [0.5, 0.6) is 0 Å². The molecule has 2 aromatic rings. The number of anilines is 2. The van der Waals surface area contributed by atoms with Crippen molar-refractivity contribution in [2.45, 2.75) is 13.5 Å². The van der Waals surface area contributed by atoms with Crippen molar-refractivity contribution < 1.29 is 9.18 Å². The van der Waals surface area contributed by atoms with Crippen LogP contribution < -0.4 is 10.6 Å². The standard InChI is InChI=1S/C13H12BrFN2OS/c1-8(18)17-12-4-5-19-13(12)7-16-11-3-2-9(15)6-10(11)14/h2-6,16H,7H2,1H3,(H,17,18). The zero-order chi connectivity index (χ0) is 13.8. The fraction of sp³-hybridized carbons (Fsp3) is 0.154. The minimum Gasteiger partial charge on any atom is -0.379 e. The first-order valence-electron chi connectivity index (χ1n) is 5.59. The van der Waals surface area contributed by atoms with Gasteiger partial charge in [-0.05, 0) is 45.6 Å². The Hall–Kier alpha value is -1.40. The third kappa shape index (κ3) is 3.78. The molecule has 0 aliphatic heterocycles. The zero-order valence-corrected chi connectivity index (χ0v) is 12.6. The SMILES string of the molecule is CC(=O)Nc1ccsc1CNc1ccc(F)cc1Br. The summed E-state index contributed by atoms with van der Waals surface area (Å²) in [6, 6.07) is 6.34. The molecular weight excluding hydrogens is 331 g/mol. The van der Waals surface area contributed by atoms with E-state index in [1.807, 2.05) is 11.4 Å². The van der Waals surface area contributed by atoms with Crippen LogP contribution in [-0.4, -0.2) is 5.91 Å². The van der Waals surface area contributed by atoms with Crippen LogP contribution in [0.2, 0.25) is 0 Å². The smallest absolute Gasteiger partial charge is 0.221 e. The number of nitrogens with one attached hydrogen (secondary N) is 2. The molecule has 1 amide bonds. The Morgan fingerprint density at radius 1 is 1.37 bits per heavy atom. The fourth-order valence-electron chi connectivity index (χ4n) is 1.59. The van der Waals surface area contributed by atoms with Gasteiger partial charge in [0.05, 0.1) is 12.2 Å². The van der Waals surface area contributed by atoms with Gasteiger partial charge in [0.25, 0.3) is 0 Å². The highest BCUT2D eigenvalue weighted by Gasteiger charge is 2.07. The van der Waals surface area contributed by atoms with Crippen LogP contribution in [0.1, 0.15) is 11.8 Å². The summed E-state index contributed by atoms with van der Waals surface area (Å²) >= 11 is 4.85. The highest BCUT2D eigenvalue weighted by atomic mass is 79.9. The molecule has 0 atom stereocenters. The van der Waals surface area contributed by atoms with E-state index in [-0.39, 0.29) is 11.7 Å². The maximum atomic E-state index is 13.0. The molecule has 100 valence electrons. The molecule has 0 radical (unpaired) electrons. The van der Waals surface area contributed by atoms with E-state index in [2.05, 4.69) is 26.6 Å². The van der Waals surface area contributed by atoms with Crippen molar-refractivity contribution in [3.8, 4) is 0 Å². The lowest BCUT2D eigenvalue weighted by molar-refractivity contribution is -0.114. The zero-order valence-electron chi connectivity index (χ0n) is 10.2. The molecule has 0 saturated carbocycles. The first-order chi connectivity index (χ1) is 9.06. The lowest BCUT2D eigenvalue weighted by Gasteiger charge is -2.09. The number of benzene rings is 1. The number of carbonyl (C=O) groups excluding carboxylic acids is 1. The third-order valence-electron chi connectivity index (χ3n) is 2.43. The van der Waals surface area contributed by atoms with Gasteiger partial charge in [0.1, 0.15) is 5.82 Å². The maximum Gasteiger partial charge on any atom is 0.221 e. The minimum absolute atomic E-state index is 0.0948. The minimum atomic E-state index is -0.285. The Morgan fingerprint density at radius 2 is 2.16 bits per heavy atom. The van der Waals surface area contributed by atoms with Crippen molar-refractivity contribution in [1.29, 1.82) is 0 Å². The van der Waals surface area contributed by atoms with Crippen LogP contribution in [0.15, 0.2) is 34.1 Å². The van der Waals surface area contributed by atoms with Crippen LogP contribution in [0, 0.1) is 5.82 Å². The van der Waals surface area contributed by atoms with Crippen LogP contribution in [-0.2, 0) is 11.3 Å². The van der Waals surface area contributed by atoms with Crippen LogP contribution in [0.4, 0.5) is 15.8 Å². The Bertz CT molecular complexity index is 600. The third-order valence-corrected chi connectivity index (χ3v) is 4.00. The van der Waals surface area contributed by atoms with Crippen molar-refractivity contribution in [2.75, 3.05) is 10.6 Å². The van der Waals surface area contributed by atoms with Crippen molar-refractivity contribution >= 4 is 44.5 Å². The molecule has 0 aliphatic carbocycles. The molecule has 0 saturated heterocycles. The van der Waals surface area contributed by atoms with Crippen LogP contribution in [0.3, 0.4) is 0 Å². The van der Waals surface area contributed by atoms with E-state index in [4.69, 9.17) is 0 Å². The summed E-state index contributed by atoms with van der Waals surface area (Å²) in [6.45, 7) is 2.04. The predicted octanol–water partition coefficient (Wildman–Crippen LogP) is 4.22. The van der Waals surface area contributed by atoms with Gasteiger partial charge in [-0.3, -0.25) is 4.79 Å². The van der Waals surface area contributed by atoms with Gasteiger partial charge < -0.3 is 10.6 Å². The van der Waals surface area contributed by atoms with Gasteiger partial charge in [-0.15, -0.1) is 11.3 Å². The average Bonchev–Trinajstić information content (AvgIpc) is 2.74. The van der Waals surface area contributed by atoms with Crippen molar-refractivity contribution in [3.63, 3.8) is 0 Å². The summed E-state index contributed by atoms with van der Waals surface area (Å²) in [6.07, 6.45) is 0. The summed E-state index contributed by atoms with van der Waals surface area (Å²) < 4.78 is 13.6. The van der Waals surface area contributed by atoms with E-state index in [1.54, 1.807) is 17.4 Å². The van der Waals surface area contributed by atoms with Gasteiger partial charge in [0.15, 0.2) is 0 Å². The molecule has 3 nitrogen and oxygen atoms in total. The lowest BCUT2D eigenvalue weighted by atomic mass is 10.3. The van der Waals surface area contributed by atoms with Gasteiger partial charge in [-0.2, -0.15) is 0 Å². The van der Waals surface area contributed by atoms with Crippen molar-refractivity contribution in [3.05, 3.63) is 44.8 Å². The number of amides is 1. The summed E-state index contributed by atoms with van der Waals surface area (Å²) in [5.41, 5.74) is 1.62. The summed E-state index contributed by atoms with van der Waals surface area (Å²) in [5.74, 6) is -0.380. The highest BCUT2D eigenvalue weighted by molar-refractivity contribution is 9.10. The topological polar surface area (TPSA) is 41.1 Å². The molecule has 19 heavy (non-hydrogen) atoms. The maximum absolute atomic E-state index is 13.0. The van der Waals surface area contributed by atoms with E-state index < -0.39 is 0 Å². The normalized spacial score (nSPS) is 10.3. The van der Waals surface area contributed by atoms with E-state index >= 15 is 0 Å². The molecule has 0 unspecified atom stereocenters. The number of halogens is 2. The van der Waals surface area contributed by atoms with Gasteiger partial charge in [-0.1, -0.05) is 0 Å². The second kappa shape index (κ2) is 6.16. The van der Waals surface area contributed by atoms with Gasteiger partial charge >= 0.3 is 0 Å². The number of carbonyl (C=O) groups is 1. The van der Waals surface area contributed by atoms with Crippen LogP contribution in [0.25, 0.3) is 0 Å². The summed E-state index contributed by atoms with van der Waals surface area (Å²) in [4.78, 5) is 12.1. The Morgan fingerprint density at radius 3 is 2.84 bits per heavy atom. The molecule has 0 fully saturated rings. The molecule has 2 N–H and O–H groups in total. The molecule has 2 rings (SSSR count). The number of thiophene rings is 1. The largest absolute Gasteiger partial charge is 0.379 e. The fourth-order valence-corrected chi connectivity index (χ4v) is 2.85. The van der Waals surface area contributed by atoms with E-state index in [9.17, 15) is 9.18 Å². The molecule has 0 bridgehead atoms. The molecular formula is C13H12BrFN2OS. The number of hydrogen-bond acceptors (Lipinski definition) is 3. The second-order valence-electron chi connectivity index (χ2n) is 3.92. The van der Waals surface area contributed by atoms with Crippen molar-refractivity contribution in [2.24, 2.45) is 0 Å². The van der Waals surface area contributed by atoms with Gasteiger partial charge in [0, 0.05) is 22.0 Å². The molecule has 1 aromatic carbocycles. The molecule has 0 spiro atoms. The number of hydrogen-bond donors (Lipinski definition) is 2. The van der Waals surface area contributed by atoms with E-state index in [1.165, 1.54) is 19.1 Å². The molecule has 1 aromatic heterocycles.